The van der Waals surface area contributed by atoms with Crippen molar-refractivity contribution in [2.45, 2.75) is 18.0 Å². The molecule has 0 amide bonds. The van der Waals surface area contributed by atoms with Crippen molar-refractivity contribution in [1.82, 2.24) is 4.57 Å². The van der Waals surface area contributed by atoms with Crippen molar-refractivity contribution in [3.05, 3.63) is 46.0 Å². The first-order valence-electron chi connectivity index (χ1n) is 7.09. The minimum Gasteiger partial charge on any atom is -0.477 e. The molecule has 6 N–H and O–H groups in total. The number of carboxylic acids is 1. The fourth-order valence-electron chi connectivity index (χ4n) is 2.44. The molecule has 0 atom stereocenters. The molecule has 0 saturated carbocycles. The van der Waals surface area contributed by atoms with E-state index in [4.69, 9.17) is 24.7 Å². The van der Waals surface area contributed by atoms with E-state index in [-0.39, 0.29) is 10.9 Å². The lowest BCUT2D eigenvalue weighted by Gasteiger charge is -2.29. The molecule has 0 unspecified atom stereocenters. The largest absolute Gasteiger partial charge is 0.477 e. The maximum atomic E-state index is 13.4. The van der Waals surface area contributed by atoms with E-state index in [9.17, 15) is 28.2 Å². The quantitative estimate of drug-likeness (QED) is 0.349. The monoisotopic (exact) mass is 425 g/mol. The zero-order valence-electron chi connectivity index (χ0n) is 13.3. The van der Waals surface area contributed by atoms with Crippen LogP contribution < -0.4 is 5.43 Å². The minimum atomic E-state index is -5.71. The molecule has 1 aromatic carbocycles. The number of rotatable bonds is 6. The summed E-state index contributed by atoms with van der Waals surface area (Å²) in [6.07, 6.45) is -0.416. The minimum absolute atomic E-state index is 0.0647. The second-order valence-corrected chi connectivity index (χ2v) is 9.65. The number of carboxylic acid groups (broad SMARTS) is 1. The van der Waals surface area contributed by atoms with Gasteiger partial charge in [-0.05, 0) is 18.2 Å². The highest BCUT2D eigenvalue weighted by Crippen LogP contribution is 2.69. The molecule has 0 aliphatic rings. The van der Waals surface area contributed by atoms with E-state index >= 15 is 0 Å². The third kappa shape index (κ3) is 3.87. The predicted molar refractivity (Wildman–Crippen MR) is 88.8 cm³/mol. The molecule has 0 saturated heterocycles. The number of fused-ring (bicyclic) bond motifs is 1. The number of aromatic nitrogens is 1. The van der Waals surface area contributed by atoms with E-state index in [1.165, 1.54) is 0 Å². The molecular weight excluding hydrogens is 411 g/mol. The Hall–Kier alpha value is -1.91. The second kappa shape index (κ2) is 6.92. The lowest BCUT2D eigenvalue weighted by molar-refractivity contribution is 0.0694. The van der Waals surface area contributed by atoms with Gasteiger partial charge in [0.2, 0.25) is 5.43 Å². The van der Waals surface area contributed by atoms with E-state index in [0.717, 1.165) is 29.0 Å². The zero-order valence-corrected chi connectivity index (χ0v) is 15.0. The van der Waals surface area contributed by atoms with Gasteiger partial charge in [-0.25, -0.2) is 9.18 Å². The number of aliphatic hydroxyl groups is 1. The third-order valence-corrected chi connectivity index (χ3v) is 7.77. The zero-order chi connectivity index (χ0) is 20.8. The van der Waals surface area contributed by atoms with E-state index in [1.54, 1.807) is 0 Å². The van der Waals surface area contributed by atoms with Gasteiger partial charge in [0.05, 0.1) is 5.52 Å². The van der Waals surface area contributed by atoms with Crippen LogP contribution in [-0.4, -0.2) is 45.4 Å². The summed E-state index contributed by atoms with van der Waals surface area (Å²) in [7, 11) is -11.4. The summed E-state index contributed by atoms with van der Waals surface area (Å²) < 4.78 is 37.2. The summed E-state index contributed by atoms with van der Waals surface area (Å²) in [6.45, 7) is -0.699. The van der Waals surface area contributed by atoms with Gasteiger partial charge in [0, 0.05) is 24.5 Å². The Morgan fingerprint density at radius 3 is 2.19 bits per heavy atom. The van der Waals surface area contributed by atoms with Crippen LogP contribution in [0.3, 0.4) is 0 Å². The van der Waals surface area contributed by atoms with Gasteiger partial charge in [-0.2, -0.15) is 0 Å². The molecule has 0 aliphatic heterocycles. The maximum absolute atomic E-state index is 13.4. The van der Waals surface area contributed by atoms with E-state index in [0.29, 0.717) is 0 Å². The van der Waals surface area contributed by atoms with Gasteiger partial charge in [-0.1, -0.05) is 0 Å². The lowest BCUT2D eigenvalue weighted by atomic mass is 10.1. The molecule has 2 rings (SSSR count). The van der Waals surface area contributed by atoms with Gasteiger partial charge in [-0.15, -0.1) is 0 Å². The first kappa shape index (κ1) is 21.4. The Morgan fingerprint density at radius 1 is 1.15 bits per heavy atom. The summed E-state index contributed by atoms with van der Waals surface area (Å²) in [4.78, 5) is 60.0. The maximum Gasteiger partial charge on any atom is 0.369 e. The number of pyridine rings is 1. The van der Waals surface area contributed by atoms with Crippen LogP contribution >= 0.6 is 15.2 Å². The summed E-state index contributed by atoms with van der Waals surface area (Å²) in [5, 5.41) is 14.9. The average Bonchev–Trinajstić information content (AvgIpc) is 2.51. The average molecular weight is 425 g/mol. The summed E-state index contributed by atoms with van der Waals surface area (Å²) in [5.41, 5.74) is -1.89. The van der Waals surface area contributed by atoms with Gasteiger partial charge in [0.25, 0.3) is 5.08 Å². The van der Waals surface area contributed by atoms with Crippen LogP contribution in [0.25, 0.3) is 10.9 Å². The fraction of sp³-hybridized carbons (Fsp3) is 0.231. The van der Waals surface area contributed by atoms with Crippen molar-refractivity contribution < 1.29 is 48.1 Å². The standard InChI is InChI=1S/C13H14FNO10P2/c14-7-1-2-10-8(5-7)11(16)9(12(17)18)6-15(10)4-3-13(19,26(20,21)22)27(23,24)25/h1-2,5-6,19H,3-4H2,(H,17,18)(H2,20,21,22)(H2,23,24,25). The smallest absolute Gasteiger partial charge is 0.369 e. The van der Waals surface area contributed by atoms with Crippen molar-refractivity contribution in [2.75, 3.05) is 0 Å². The van der Waals surface area contributed by atoms with Crippen LogP contribution in [0, 0.1) is 5.82 Å². The van der Waals surface area contributed by atoms with Crippen LogP contribution in [0.1, 0.15) is 16.8 Å². The number of nitrogens with zero attached hydrogens (tertiary/aromatic N) is 1. The number of aromatic carboxylic acids is 1. The van der Waals surface area contributed by atoms with Crippen LogP contribution in [-0.2, 0) is 15.7 Å². The van der Waals surface area contributed by atoms with Gasteiger partial charge < -0.3 is 34.4 Å². The molecule has 1 aromatic heterocycles. The Morgan fingerprint density at radius 2 is 1.70 bits per heavy atom. The van der Waals surface area contributed by atoms with E-state index in [1.807, 2.05) is 0 Å². The van der Waals surface area contributed by atoms with Crippen molar-refractivity contribution in [1.29, 1.82) is 0 Å². The number of aryl methyl sites for hydroxylation is 1. The SMILES string of the molecule is O=C(O)c1cn(CCC(O)(P(=O)(O)O)P(=O)(O)O)c2ccc(F)cc2c1=O. The molecule has 0 fully saturated rings. The molecular formula is C13H14FNO10P2. The number of carbonyl (C=O) groups is 1. The van der Waals surface area contributed by atoms with Gasteiger partial charge in [-0.3, -0.25) is 13.9 Å². The van der Waals surface area contributed by atoms with E-state index in [2.05, 4.69) is 0 Å². The molecule has 0 bridgehead atoms. The highest BCUT2D eigenvalue weighted by molar-refractivity contribution is 7.72. The highest BCUT2D eigenvalue weighted by atomic mass is 31.2. The molecule has 27 heavy (non-hydrogen) atoms. The molecule has 0 radical (unpaired) electrons. The fourth-order valence-corrected chi connectivity index (χ4v) is 4.58. The normalized spacial score (nSPS) is 13.1. The molecule has 14 heteroatoms. The molecule has 0 aliphatic carbocycles. The Kier molecular flexibility index (Phi) is 5.48. The first-order chi connectivity index (χ1) is 12.2. The highest BCUT2D eigenvalue weighted by Gasteiger charge is 2.58. The van der Waals surface area contributed by atoms with Crippen molar-refractivity contribution in [3.63, 3.8) is 0 Å². The van der Waals surface area contributed by atoms with Crippen LogP contribution in [0.4, 0.5) is 4.39 Å². The van der Waals surface area contributed by atoms with Crippen molar-refractivity contribution >= 4 is 32.1 Å². The summed E-state index contributed by atoms with van der Waals surface area (Å²) >= 11 is 0. The number of hydrogen-bond donors (Lipinski definition) is 6. The van der Waals surface area contributed by atoms with Crippen molar-refractivity contribution in [2.24, 2.45) is 0 Å². The molecule has 11 nitrogen and oxygen atoms in total. The van der Waals surface area contributed by atoms with Crippen LogP contribution in [0.15, 0.2) is 29.2 Å². The third-order valence-electron chi connectivity index (χ3n) is 3.89. The second-order valence-electron chi connectivity index (χ2n) is 5.64. The van der Waals surface area contributed by atoms with Gasteiger partial charge in [0.15, 0.2) is 0 Å². The first-order valence-corrected chi connectivity index (χ1v) is 10.3. The van der Waals surface area contributed by atoms with Crippen LogP contribution in [0.5, 0.6) is 0 Å². The number of benzene rings is 1. The number of hydrogen-bond acceptors (Lipinski definition) is 5. The summed E-state index contributed by atoms with van der Waals surface area (Å²) in [6, 6.07) is 2.75. The van der Waals surface area contributed by atoms with E-state index < -0.39 is 56.0 Å². The van der Waals surface area contributed by atoms with Crippen molar-refractivity contribution in [3.8, 4) is 0 Å². The molecule has 2 aromatic rings. The lowest BCUT2D eigenvalue weighted by Crippen LogP contribution is -2.30. The Bertz CT molecular complexity index is 1050. The summed E-state index contributed by atoms with van der Waals surface area (Å²) in [5.74, 6) is -2.52. The predicted octanol–water partition coefficient (Wildman–Crippen LogP) is 0.230. The molecule has 0 spiro atoms. The Balaban J connectivity index is 2.64. The Labute approximate surface area is 149 Å². The topological polar surface area (TPSA) is 195 Å². The van der Waals surface area contributed by atoms with Gasteiger partial charge >= 0.3 is 21.2 Å². The van der Waals surface area contributed by atoms with Crippen LogP contribution in [0.2, 0.25) is 0 Å². The molecule has 148 valence electrons. The number of halogens is 1. The molecule has 1 heterocycles. The van der Waals surface area contributed by atoms with Gasteiger partial charge in [0.1, 0.15) is 11.4 Å².